The molecule has 0 atom stereocenters. The summed E-state index contributed by atoms with van der Waals surface area (Å²) in [5.74, 6) is -0.740. The van der Waals surface area contributed by atoms with E-state index in [0.29, 0.717) is 20.9 Å². The summed E-state index contributed by atoms with van der Waals surface area (Å²) in [7, 11) is 0. The lowest BCUT2D eigenvalue weighted by Crippen LogP contribution is -2.42. The van der Waals surface area contributed by atoms with Crippen molar-refractivity contribution in [2.45, 2.75) is 25.0 Å². The molecule has 27 heavy (non-hydrogen) atoms. The molecule has 2 heterocycles. The van der Waals surface area contributed by atoms with Crippen LogP contribution in [0.15, 0.2) is 51.7 Å². The zero-order valence-corrected chi connectivity index (χ0v) is 16.4. The van der Waals surface area contributed by atoms with Crippen molar-refractivity contribution >= 4 is 45.8 Å². The van der Waals surface area contributed by atoms with Crippen molar-refractivity contribution in [2.75, 3.05) is 5.75 Å². The SMILES string of the molecule is CC(C)n1c(SCC(=O)NNC(=O)c2cccs2)nc2ccccc2c1=O. The van der Waals surface area contributed by atoms with E-state index in [2.05, 4.69) is 15.8 Å². The zero-order chi connectivity index (χ0) is 19.4. The predicted octanol–water partition coefficient (Wildman–Crippen LogP) is 2.59. The second kappa shape index (κ2) is 8.36. The molecule has 0 spiro atoms. The lowest BCUT2D eigenvalue weighted by Gasteiger charge is -2.16. The molecule has 0 radical (unpaired) electrons. The number of thioether (sulfide) groups is 1. The number of thiophene rings is 1. The van der Waals surface area contributed by atoms with Gasteiger partial charge in [0.25, 0.3) is 11.5 Å². The molecule has 0 fully saturated rings. The van der Waals surface area contributed by atoms with Gasteiger partial charge in [0.15, 0.2) is 5.16 Å². The number of carbonyl (C=O) groups excluding carboxylic acids is 2. The van der Waals surface area contributed by atoms with Gasteiger partial charge >= 0.3 is 0 Å². The molecule has 0 saturated carbocycles. The minimum absolute atomic E-state index is 0.0161. The Kier molecular flexibility index (Phi) is 5.92. The summed E-state index contributed by atoms with van der Waals surface area (Å²) in [4.78, 5) is 41.7. The van der Waals surface area contributed by atoms with Crippen LogP contribution in [0.3, 0.4) is 0 Å². The van der Waals surface area contributed by atoms with Crippen LogP contribution in [0.4, 0.5) is 0 Å². The number of benzene rings is 1. The first kappa shape index (κ1) is 19.1. The van der Waals surface area contributed by atoms with E-state index < -0.39 is 0 Å². The first-order valence-electron chi connectivity index (χ1n) is 8.24. The average Bonchev–Trinajstić information content (AvgIpc) is 3.19. The van der Waals surface area contributed by atoms with Crippen LogP contribution in [0.1, 0.15) is 29.6 Å². The van der Waals surface area contributed by atoms with Crippen LogP contribution >= 0.6 is 23.1 Å². The third-order valence-electron chi connectivity index (χ3n) is 3.68. The van der Waals surface area contributed by atoms with E-state index >= 15 is 0 Å². The molecule has 2 aromatic heterocycles. The monoisotopic (exact) mass is 402 g/mol. The lowest BCUT2D eigenvalue weighted by atomic mass is 10.2. The fraction of sp³-hybridized carbons (Fsp3) is 0.222. The van der Waals surface area contributed by atoms with E-state index in [0.717, 1.165) is 11.8 Å². The van der Waals surface area contributed by atoms with Crippen LogP contribution in [0.5, 0.6) is 0 Å². The van der Waals surface area contributed by atoms with Crippen molar-refractivity contribution in [2.24, 2.45) is 0 Å². The molecule has 0 aliphatic rings. The highest BCUT2D eigenvalue weighted by molar-refractivity contribution is 7.99. The fourth-order valence-electron chi connectivity index (χ4n) is 2.44. The fourth-order valence-corrected chi connectivity index (χ4v) is 3.99. The number of hydrazine groups is 1. The number of para-hydroxylation sites is 1. The molecule has 0 saturated heterocycles. The van der Waals surface area contributed by atoms with Crippen molar-refractivity contribution in [3.05, 3.63) is 57.0 Å². The Morgan fingerprint density at radius 2 is 1.96 bits per heavy atom. The summed E-state index contributed by atoms with van der Waals surface area (Å²) < 4.78 is 1.57. The standard InChI is InChI=1S/C18H18N4O3S2/c1-11(2)22-17(25)12-6-3-4-7-13(12)19-18(22)27-10-15(23)20-21-16(24)14-8-5-9-26-14/h3-9,11H,10H2,1-2H3,(H,20,23)(H,21,24). The number of rotatable bonds is 5. The summed E-state index contributed by atoms with van der Waals surface area (Å²) >= 11 is 2.44. The summed E-state index contributed by atoms with van der Waals surface area (Å²) in [6.45, 7) is 3.78. The van der Waals surface area contributed by atoms with Crippen LogP contribution in [0.2, 0.25) is 0 Å². The topological polar surface area (TPSA) is 93.1 Å². The number of hydrogen-bond acceptors (Lipinski definition) is 6. The van der Waals surface area contributed by atoms with Gasteiger partial charge in [0.1, 0.15) is 0 Å². The van der Waals surface area contributed by atoms with Crippen LogP contribution in [0, 0.1) is 0 Å². The van der Waals surface area contributed by atoms with Gasteiger partial charge in [0.2, 0.25) is 5.91 Å². The normalized spacial score (nSPS) is 10.9. The molecular formula is C18H18N4O3S2. The Balaban J connectivity index is 1.70. The van der Waals surface area contributed by atoms with Crippen LogP contribution in [-0.2, 0) is 4.79 Å². The van der Waals surface area contributed by atoms with Gasteiger partial charge in [-0.3, -0.25) is 29.8 Å². The Bertz CT molecular complexity index is 1030. The maximum absolute atomic E-state index is 12.7. The second-order valence-corrected chi connectivity index (χ2v) is 7.84. The third kappa shape index (κ3) is 4.37. The number of carbonyl (C=O) groups is 2. The molecular weight excluding hydrogens is 384 g/mol. The first-order valence-corrected chi connectivity index (χ1v) is 10.1. The summed E-state index contributed by atoms with van der Waals surface area (Å²) in [6, 6.07) is 10.5. The molecule has 9 heteroatoms. The molecule has 0 bridgehead atoms. The second-order valence-electron chi connectivity index (χ2n) is 5.95. The van der Waals surface area contributed by atoms with Crippen LogP contribution in [0.25, 0.3) is 10.9 Å². The average molecular weight is 403 g/mol. The molecule has 140 valence electrons. The number of nitrogens with one attached hydrogen (secondary N) is 2. The Labute approximate surface area is 163 Å². The van der Waals surface area contributed by atoms with E-state index in [-0.39, 0.29) is 29.2 Å². The van der Waals surface area contributed by atoms with Gasteiger partial charge in [-0.1, -0.05) is 30.0 Å². The van der Waals surface area contributed by atoms with Gasteiger partial charge in [-0.25, -0.2) is 4.98 Å². The quantitative estimate of drug-likeness (QED) is 0.389. The van der Waals surface area contributed by atoms with Gasteiger partial charge in [-0.15, -0.1) is 11.3 Å². The predicted molar refractivity (Wildman–Crippen MR) is 107 cm³/mol. The van der Waals surface area contributed by atoms with E-state index in [1.54, 1.807) is 40.3 Å². The third-order valence-corrected chi connectivity index (χ3v) is 5.51. The Morgan fingerprint density at radius 3 is 2.67 bits per heavy atom. The van der Waals surface area contributed by atoms with Gasteiger partial charge in [0.05, 0.1) is 21.5 Å². The van der Waals surface area contributed by atoms with Gasteiger partial charge in [-0.2, -0.15) is 0 Å². The minimum atomic E-state index is -0.386. The first-order chi connectivity index (χ1) is 13.0. The Hall–Kier alpha value is -2.65. The number of nitrogens with zero attached hydrogens (tertiary/aromatic N) is 2. The smallest absolute Gasteiger partial charge is 0.279 e. The summed E-state index contributed by atoms with van der Waals surface area (Å²) in [5.41, 5.74) is 5.20. The largest absolute Gasteiger partial charge is 0.285 e. The van der Waals surface area contributed by atoms with Crippen molar-refractivity contribution in [1.82, 2.24) is 20.4 Å². The highest BCUT2D eigenvalue weighted by Crippen LogP contribution is 2.20. The van der Waals surface area contributed by atoms with E-state index in [1.165, 1.54) is 11.3 Å². The highest BCUT2D eigenvalue weighted by atomic mass is 32.2. The molecule has 1 aromatic carbocycles. The van der Waals surface area contributed by atoms with E-state index in [9.17, 15) is 14.4 Å². The molecule has 2 N–H and O–H groups in total. The molecule has 7 nitrogen and oxygen atoms in total. The number of fused-ring (bicyclic) bond motifs is 1. The Morgan fingerprint density at radius 1 is 1.19 bits per heavy atom. The van der Waals surface area contributed by atoms with Crippen molar-refractivity contribution < 1.29 is 9.59 Å². The molecule has 2 amide bonds. The summed E-state index contributed by atoms with van der Waals surface area (Å²) in [5, 5.41) is 2.79. The zero-order valence-electron chi connectivity index (χ0n) is 14.8. The van der Waals surface area contributed by atoms with Crippen molar-refractivity contribution in [1.29, 1.82) is 0 Å². The van der Waals surface area contributed by atoms with Gasteiger partial charge in [0, 0.05) is 6.04 Å². The van der Waals surface area contributed by atoms with Crippen molar-refractivity contribution in [3.8, 4) is 0 Å². The maximum Gasteiger partial charge on any atom is 0.279 e. The molecule has 0 aliphatic heterocycles. The number of aromatic nitrogens is 2. The maximum atomic E-state index is 12.7. The van der Waals surface area contributed by atoms with E-state index in [4.69, 9.17) is 0 Å². The van der Waals surface area contributed by atoms with Crippen molar-refractivity contribution in [3.63, 3.8) is 0 Å². The molecule has 0 unspecified atom stereocenters. The van der Waals surface area contributed by atoms with Crippen LogP contribution < -0.4 is 16.4 Å². The molecule has 0 aliphatic carbocycles. The van der Waals surface area contributed by atoms with Gasteiger partial charge < -0.3 is 0 Å². The molecule has 3 rings (SSSR count). The summed E-state index contributed by atoms with van der Waals surface area (Å²) in [6.07, 6.45) is 0. The van der Waals surface area contributed by atoms with E-state index in [1.807, 2.05) is 19.9 Å². The lowest BCUT2D eigenvalue weighted by molar-refractivity contribution is -0.119. The highest BCUT2D eigenvalue weighted by Gasteiger charge is 2.15. The molecule has 3 aromatic rings. The number of amides is 2. The number of hydrogen-bond donors (Lipinski definition) is 2. The minimum Gasteiger partial charge on any atom is -0.285 e. The van der Waals surface area contributed by atoms with Crippen LogP contribution in [-0.4, -0.2) is 27.1 Å². The van der Waals surface area contributed by atoms with Gasteiger partial charge in [-0.05, 0) is 37.4 Å².